The fourth-order valence-corrected chi connectivity index (χ4v) is 2.42. The van der Waals surface area contributed by atoms with E-state index in [-0.39, 0.29) is 0 Å². The second-order valence-corrected chi connectivity index (χ2v) is 5.67. The number of rotatable bonds is 7. The van der Waals surface area contributed by atoms with E-state index in [1.54, 1.807) is 13.3 Å². The first kappa shape index (κ1) is 17.4. The molecule has 3 rings (SSSR count). The van der Waals surface area contributed by atoms with Crippen molar-refractivity contribution in [3.05, 3.63) is 77.5 Å². The van der Waals surface area contributed by atoms with Crippen LogP contribution in [-0.2, 0) is 6.54 Å². The molecule has 0 radical (unpaired) electrons. The molecule has 0 spiro atoms. The maximum atomic E-state index is 5.31. The maximum absolute atomic E-state index is 5.31. The zero-order valence-corrected chi connectivity index (χ0v) is 14.8. The van der Waals surface area contributed by atoms with Crippen LogP contribution in [0, 0.1) is 6.92 Å². The van der Waals surface area contributed by atoms with Crippen LogP contribution in [0.5, 0.6) is 5.75 Å². The zero-order chi connectivity index (χ0) is 18.2. The number of methoxy groups -OCH3 is 1. The minimum atomic E-state index is 0.559. The lowest BCUT2D eigenvalue weighted by Crippen LogP contribution is -2.06. The van der Waals surface area contributed by atoms with Gasteiger partial charge in [0, 0.05) is 23.9 Å². The Kier molecular flexibility index (Phi) is 5.77. The third kappa shape index (κ3) is 4.80. The number of aryl methyl sites for hydroxylation is 1. The Hall–Kier alpha value is -3.41. The van der Waals surface area contributed by atoms with Crippen LogP contribution in [0.15, 0.2) is 65.8 Å². The second kappa shape index (κ2) is 8.62. The summed E-state index contributed by atoms with van der Waals surface area (Å²) in [5.74, 6) is 1.95. The molecule has 0 atom stereocenters. The van der Waals surface area contributed by atoms with Crippen LogP contribution in [0.25, 0.3) is 0 Å². The van der Waals surface area contributed by atoms with E-state index in [2.05, 4.69) is 37.9 Å². The molecule has 0 saturated carbocycles. The summed E-state index contributed by atoms with van der Waals surface area (Å²) in [6.07, 6.45) is 1.70. The van der Waals surface area contributed by atoms with Gasteiger partial charge in [0.1, 0.15) is 5.75 Å². The topological polar surface area (TPSA) is 71.4 Å². The highest BCUT2D eigenvalue weighted by Crippen LogP contribution is 2.15. The summed E-state index contributed by atoms with van der Waals surface area (Å²) in [4.78, 5) is 8.85. The van der Waals surface area contributed by atoms with Crippen molar-refractivity contribution in [1.29, 1.82) is 0 Å². The van der Waals surface area contributed by atoms with Crippen molar-refractivity contribution in [2.75, 3.05) is 17.9 Å². The van der Waals surface area contributed by atoms with Crippen molar-refractivity contribution >= 4 is 18.0 Å². The molecule has 1 heterocycles. The highest BCUT2D eigenvalue weighted by molar-refractivity contribution is 5.83. The lowest BCUT2D eigenvalue weighted by atomic mass is 10.2. The average molecular weight is 347 g/mol. The Morgan fingerprint density at radius 2 is 1.81 bits per heavy atom. The van der Waals surface area contributed by atoms with Crippen LogP contribution >= 0.6 is 0 Å². The van der Waals surface area contributed by atoms with Crippen LogP contribution in [0.4, 0.5) is 11.8 Å². The molecule has 2 N–H and O–H groups in total. The van der Waals surface area contributed by atoms with Gasteiger partial charge in [-0.25, -0.2) is 4.98 Å². The molecule has 1 aromatic heterocycles. The number of hydrazone groups is 1. The highest BCUT2D eigenvalue weighted by atomic mass is 16.5. The van der Waals surface area contributed by atoms with Gasteiger partial charge in [0.15, 0.2) is 5.82 Å². The van der Waals surface area contributed by atoms with Gasteiger partial charge in [-0.1, -0.05) is 42.5 Å². The number of hydrogen-bond donors (Lipinski definition) is 2. The van der Waals surface area contributed by atoms with E-state index < -0.39 is 0 Å². The number of anilines is 2. The molecular weight excluding hydrogens is 326 g/mol. The van der Waals surface area contributed by atoms with E-state index in [0.29, 0.717) is 18.3 Å². The number of hydrogen-bond acceptors (Lipinski definition) is 6. The standard InChI is InChI=1S/C20H21N5O/c1-15-12-19(25-22-14-17-10-6-7-11-18(17)26-2)24-20(23-15)21-13-16-8-4-3-5-9-16/h3-12,14H,13H2,1-2H3,(H2,21,23,24,25)/b22-14-. The van der Waals surface area contributed by atoms with E-state index in [9.17, 15) is 0 Å². The van der Waals surface area contributed by atoms with Gasteiger partial charge >= 0.3 is 0 Å². The van der Waals surface area contributed by atoms with Gasteiger partial charge in [-0.15, -0.1) is 0 Å². The molecule has 0 fully saturated rings. The van der Waals surface area contributed by atoms with Gasteiger partial charge in [-0.05, 0) is 24.6 Å². The Morgan fingerprint density at radius 3 is 2.62 bits per heavy atom. The van der Waals surface area contributed by atoms with Crippen molar-refractivity contribution in [3.8, 4) is 5.75 Å². The number of aromatic nitrogens is 2. The first-order chi connectivity index (χ1) is 12.7. The fraction of sp³-hybridized carbons (Fsp3) is 0.150. The van der Waals surface area contributed by atoms with Crippen LogP contribution in [0.2, 0.25) is 0 Å². The molecule has 6 heteroatoms. The van der Waals surface area contributed by atoms with Crippen molar-refractivity contribution in [3.63, 3.8) is 0 Å². The summed E-state index contributed by atoms with van der Waals surface area (Å²) in [6.45, 7) is 2.58. The lowest BCUT2D eigenvalue weighted by molar-refractivity contribution is 0.414. The summed E-state index contributed by atoms with van der Waals surface area (Å²) >= 11 is 0. The van der Waals surface area contributed by atoms with Crippen molar-refractivity contribution in [1.82, 2.24) is 9.97 Å². The van der Waals surface area contributed by atoms with Crippen LogP contribution in [0.3, 0.4) is 0 Å². The second-order valence-electron chi connectivity index (χ2n) is 5.67. The van der Waals surface area contributed by atoms with E-state index in [0.717, 1.165) is 17.0 Å². The Balaban J connectivity index is 1.66. The summed E-state index contributed by atoms with van der Waals surface area (Å²) in [5, 5.41) is 7.48. The molecule has 26 heavy (non-hydrogen) atoms. The van der Waals surface area contributed by atoms with Crippen LogP contribution < -0.4 is 15.5 Å². The predicted octanol–water partition coefficient (Wildman–Crippen LogP) is 3.85. The van der Waals surface area contributed by atoms with Crippen molar-refractivity contribution < 1.29 is 4.74 Å². The van der Waals surface area contributed by atoms with Gasteiger partial charge < -0.3 is 10.1 Å². The SMILES string of the molecule is COc1ccccc1/C=N\Nc1cc(C)nc(NCc2ccccc2)n1. The lowest BCUT2D eigenvalue weighted by Gasteiger charge is -2.08. The molecule has 6 nitrogen and oxygen atoms in total. The molecule has 0 bridgehead atoms. The molecular formula is C20H21N5O. The van der Waals surface area contributed by atoms with Gasteiger partial charge in [-0.3, -0.25) is 5.43 Å². The number of benzene rings is 2. The molecule has 0 saturated heterocycles. The monoisotopic (exact) mass is 347 g/mol. The Bertz CT molecular complexity index is 880. The molecule has 3 aromatic rings. The molecule has 132 valence electrons. The minimum Gasteiger partial charge on any atom is -0.496 e. The zero-order valence-electron chi connectivity index (χ0n) is 14.8. The molecule has 0 aliphatic carbocycles. The third-order valence-electron chi connectivity index (χ3n) is 3.67. The smallest absolute Gasteiger partial charge is 0.225 e. The highest BCUT2D eigenvalue weighted by Gasteiger charge is 2.02. The van der Waals surface area contributed by atoms with Gasteiger partial charge in [0.2, 0.25) is 5.95 Å². The van der Waals surface area contributed by atoms with Crippen LogP contribution in [-0.4, -0.2) is 23.3 Å². The number of nitrogens with one attached hydrogen (secondary N) is 2. The normalized spacial score (nSPS) is 10.7. The minimum absolute atomic E-state index is 0.559. The number of nitrogens with zero attached hydrogens (tertiary/aromatic N) is 3. The summed E-state index contributed by atoms with van der Waals surface area (Å²) in [7, 11) is 1.64. The number of ether oxygens (including phenoxy) is 1. The molecule has 0 amide bonds. The number of para-hydroxylation sites is 1. The quantitative estimate of drug-likeness (QED) is 0.502. The van der Waals surface area contributed by atoms with E-state index >= 15 is 0 Å². The van der Waals surface area contributed by atoms with Crippen molar-refractivity contribution in [2.45, 2.75) is 13.5 Å². The van der Waals surface area contributed by atoms with Gasteiger partial charge in [0.25, 0.3) is 0 Å². The first-order valence-corrected chi connectivity index (χ1v) is 8.30. The fourth-order valence-electron chi connectivity index (χ4n) is 2.42. The van der Waals surface area contributed by atoms with Crippen molar-refractivity contribution in [2.24, 2.45) is 5.10 Å². The Morgan fingerprint density at radius 1 is 1.04 bits per heavy atom. The summed E-state index contributed by atoms with van der Waals surface area (Å²) in [6, 6.07) is 19.6. The summed E-state index contributed by atoms with van der Waals surface area (Å²) in [5.41, 5.74) is 5.85. The van der Waals surface area contributed by atoms with Crippen LogP contribution in [0.1, 0.15) is 16.8 Å². The largest absolute Gasteiger partial charge is 0.496 e. The van der Waals surface area contributed by atoms with E-state index in [4.69, 9.17) is 4.74 Å². The van der Waals surface area contributed by atoms with Gasteiger partial charge in [-0.2, -0.15) is 10.1 Å². The molecule has 0 aliphatic rings. The van der Waals surface area contributed by atoms with E-state index in [1.165, 1.54) is 5.56 Å². The maximum Gasteiger partial charge on any atom is 0.225 e. The predicted molar refractivity (Wildman–Crippen MR) is 105 cm³/mol. The Labute approximate surface area is 153 Å². The first-order valence-electron chi connectivity index (χ1n) is 8.30. The molecule has 2 aromatic carbocycles. The molecule has 0 aliphatic heterocycles. The molecule has 0 unspecified atom stereocenters. The third-order valence-corrected chi connectivity index (χ3v) is 3.67. The summed E-state index contributed by atoms with van der Waals surface area (Å²) < 4.78 is 5.31. The van der Waals surface area contributed by atoms with Gasteiger partial charge in [0.05, 0.1) is 13.3 Å². The average Bonchev–Trinajstić information content (AvgIpc) is 2.67. The van der Waals surface area contributed by atoms with E-state index in [1.807, 2.05) is 55.5 Å².